The molecule has 0 heterocycles. The number of amides is 2. The van der Waals surface area contributed by atoms with Gasteiger partial charge in [-0.1, -0.05) is 18.2 Å². The van der Waals surface area contributed by atoms with Crippen LogP contribution in [0.3, 0.4) is 0 Å². The van der Waals surface area contributed by atoms with Gasteiger partial charge in [0.15, 0.2) is 0 Å². The van der Waals surface area contributed by atoms with Gasteiger partial charge in [-0.05, 0) is 6.07 Å². The predicted molar refractivity (Wildman–Crippen MR) is 69.8 cm³/mol. The van der Waals surface area contributed by atoms with Crippen molar-refractivity contribution < 1.29 is 23.0 Å². The van der Waals surface area contributed by atoms with Gasteiger partial charge in [0.25, 0.3) is 0 Å². The Morgan fingerprint density at radius 3 is 2.75 bits per heavy atom. The van der Waals surface area contributed by atoms with Crippen LogP contribution >= 0.6 is 0 Å². The van der Waals surface area contributed by atoms with Crippen LogP contribution in [0.1, 0.15) is 5.56 Å². The molecule has 1 aromatic carbocycles. The first-order valence-corrected chi connectivity index (χ1v) is 6.05. The standard InChI is InChI=1S/C13H18F2N2O3/c1-17(7-8-19-2)13(18)16-9-10-5-3-4-6-11(10)20-12(14)15/h3-6,12H,7-9H2,1-2H3,(H,16,18). The van der Waals surface area contributed by atoms with Crippen LogP contribution in [0, 0.1) is 0 Å². The third kappa shape index (κ3) is 5.40. The molecule has 1 rings (SSSR count). The molecule has 0 aromatic heterocycles. The Labute approximate surface area is 116 Å². The van der Waals surface area contributed by atoms with Crippen molar-refractivity contribution in [3.63, 3.8) is 0 Å². The quantitative estimate of drug-likeness (QED) is 0.835. The van der Waals surface area contributed by atoms with Crippen LogP contribution in [0.5, 0.6) is 5.75 Å². The summed E-state index contributed by atoms with van der Waals surface area (Å²) >= 11 is 0. The number of carbonyl (C=O) groups is 1. The van der Waals surface area contributed by atoms with Crippen molar-refractivity contribution in [1.29, 1.82) is 0 Å². The second kappa shape index (κ2) is 8.31. The lowest BCUT2D eigenvalue weighted by molar-refractivity contribution is -0.0504. The van der Waals surface area contributed by atoms with E-state index in [9.17, 15) is 13.6 Å². The zero-order chi connectivity index (χ0) is 15.0. The molecule has 0 aliphatic rings. The normalized spacial score (nSPS) is 10.4. The average molecular weight is 288 g/mol. The average Bonchev–Trinajstić information content (AvgIpc) is 2.42. The van der Waals surface area contributed by atoms with Crippen LogP contribution < -0.4 is 10.1 Å². The van der Waals surface area contributed by atoms with Crippen LogP contribution in [0.4, 0.5) is 13.6 Å². The molecule has 112 valence electrons. The minimum absolute atomic E-state index is 0.0577. The fraction of sp³-hybridized carbons (Fsp3) is 0.462. The number of alkyl halides is 2. The van der Waals surface area contributed by atoms with Gasteiger partial charge >= 0.3 is 12.6 Å². The molecule has 0 fully saturated rings. The van der Waals surface area contributed by atoms with E-state index in [-0.39, 0.29) is 18.3 Å². The topological polar surface area (TPSA) is 50.8 Å². The van der Waals surface area contributed by atoms with E-state index in [2.05, 4.69) is 10.1 Å². The number of carbonyl (C=O) groups excluding carboxylic acids is 1. The molecule has 0 aliphatic heterocycles. The number of benzene rings is 1. The zero-order valence-electron chi connectivity index (χ0n) is 11.4. The highest BCUT2D eigenvalue weighted by Gasteiger charge is 2.11. The molecule has 0 aliphatic carbocycles. The Balaban J connectivity index is 2.54. The van der Waals surface area contributed by atoms with E-state index < -0.39 is 6.61 Å². The molecule has 5 nitrogen and oxygen atoms in total. The monoisotopic (exact) mass is 288 g/mol. The maximum Gasteiger partial charge on any atom is 0.387 e. The van der Waals surface area contributed by atoms with E-state index in [0.29, 0.717) is 18.7 Å². The Kier molecular flexibility index (Phi) is 6.72. The fourth-order valence-corrected chi connectivity index (χ4v) is 1.50. The molecule has 0 saturated heterocycles. The van der Waals surface area contributed by atoms with Crippen molar-refractivity contribution in [2.75, 3.05) is 27.3 Å². The number of likely N-dealkylation sites (N-methyl/N-ethyl adjacent to an activating group) is 1. The van der Waals surface area contributed by atoms with Crippen LogP contribution in [0.2, 0.25) is 0 Å². The molecule has 20 heavy (non-hydrogen) atoms. The number of methoxy groups -OCH3 is 1. The summed E-state index contributed by atoms with van der Waals surface area (Å²) in [5, 5.41) is 2.63. The third-order valence-corrected chi connectivity index (χ3v) is 2.60. The molecule has 0 saturated carbocycles. The number of urea groups is 1. The van der Waals surface area contributed by atoms with Crippen molar-refractivity contribution in [2.24, 2.45) is 0 Å². The van der Waals surface area contributed by atoms with Gasteiger partial charge < -0.3 is 19.7 Å². The molecule has 1 N–H and O–H groups in total. The molecule has 0 atom stereocenters. The maximum absolute atomic E-state index is 12.2. The lowest BCUT2D eigenvalue weighted by Crippen LogP contribution is -2.38. The number of hydrogen-bond acceptors (Lipinski definition) is 3. The van der Waals surface area contributed by atoms with Gasteiger partial charge in [0.05, 0.1) is 6.61 Å². The first-order chi connectivity index (χ1) is 9.54. The first kappa shape index (κ1) is 16.2. The highest BCUT2D eigenvalue weighted by Crippen LogP contribution is 2.19. The SMILES string of the molecule is COCCN(C)C(=O)NCc1ccccc1OC(F)F. The van der Waals surface area contributed by atoms with E-state index in [4.69, 9.17) is 4.74 Å². The molecule has 0 bridgehead atoms. The lowest BCUT2D eigenvalue weighted by Gasteiger charge is -2.18. The van der Waals surface area contributed by atoms with Gasteiger partial charge in [-0.15, -0.1) is 0 Å². The fourth-order valence-electron chi connectivity index (χ4n) is 1.50. The van der Waals surface area contributed by atoms with Crippen molar-refractivity contribution in [1.82, 2.24) is 10.2 Å². The number of hydrogen-bond donors (Lipinski definition) is 1. The van der Waals surface area contributed by atoms with Gasteiger partial charge in [0.1, 0.15) is 5.75 Å². The minimum atomic E-state index is -2.89. The predicted octanol–water partition coefficient (Wildman–Crippen LogP) is 2.08. The van der Waals surface area contributed by atoms with Crippen molar-refractivity contribution in [2.45, 2.75) is 13.2 Å². The first-order valence-electron chi connectivity index (χ1n) is 6.05. The summed E-state index contributed by atoms with van der Waals surface area (Å²) in [6.45, 7) is -1.91. The van der Waals surface area contributed by atoms with Crippen LogP contribution in [-0.2, 0) is 11.3 Å². The number of nitrogens with zero attached hydrogens (tertiary/aromatic N) is 1. The van der Waals surface area contributed by atoms with Gasteiger partial charge in [0.2, 0.25) is 0 Å². The number of rotatable bonds is 7. The summed E-state index contributed by atoms with van der Waals surface area (Å²) in [7, 11) is 3.17. The van der Waals surface area contributed by atoms with E-state index >= 15 is 0 Å². The summed E-state index contributed by atoms with van der Waals surface area (Å²) in [4.78, 5) is 13.2. The highest BCUT2D eigenvalue weighted by molar-refractivity contribution is 5.73. The number of halogens is 2. The summed E-state index contributed by atoms with van der Waals surface area (Å²) in [5.74, 6) is 0.0577. The van der Waals surface area contributed by atoms with Crippen molar-refractivity contribution in [3.05, 3.63) is 29.8 Å². The molecule has 1 aromatic rings. The Morgan fingerprint density at radius 1 is 1.40 bits per heavy atom. The molecule has 0 spiro atoms. The van der Waals surface area contributed by atoms with Crippen molar-refractivity contribution in [3.8, 4) is 5.75 Å². The number of nitrogens with one attached hydrogen (secondary N) is 1. The zero-order valence-corrected chi connectivity index (χ0v) is 11.4. The van der Waals surface area contributed by atoms with Crippen molar-refractivity contribution >= 4 is 6.03 Å². The van der Waals surface area contributed by atoms with Crippen LogP contribution in [0.25, 0.3) is 0 Å². The van der Waals surface area contributed by atoms with Gasteiger partial charge in [0, 0.05) is 32.8 Å². The summed E-state index contributed by atoms with van der Waals surface area (Å²) in [5.41, 5.74) is 0.487. The molecule has 0 radical (unpaired) electrons. The van der Waals surface area contributed by atoms with E-state index in [1.54, 1.807) is 32.4 Å². The van der Waals surface area contributed by atoms with Gasteiger partial charge in [-0.3, -0.25) is 0 Å². The van der Waals surface area contributed by atoms with Gasteiger partial charge in [-0.2, -0.15) is 8.78 Å². The second-order valence-corrected chi connectivity index (χ2v) is 4.06. The molecule has 0 unspecified atom stereocenters. The summed E-state index contributed by atoms with van der Waals surface area (Å²) < 4.78 is 33.7. The Bertz CT molecular complexity index is 430. The van der Waals surface area contributed by atoms with E-state index in [1.807, 2.05) is 0 Å². The minimum Gasteiger partial charge on any atom is -0.434 e. The number of para-hydroxylation sites is 1. The third-order valence-electron chi connectivity index (χ3n) is 2.60. The lowest BCUT2D eigenvalue weighted by atomic mass is 10.2. The summed E-state index contributed by atoms with van der Waals surface area (Å²) in [6.07, 6.45) is 0. The van der Waals surface area contributed by atoms with E-state index in [0.717, 1.165) is 0 Å². The molecular weight excluding hydrogens is 270 g/mol. The molecule has 2 amide bonds. The largest absolute Gasteiger partial charge is 0.434 e. The summed E-state index contributed by atoms with van der Waals surface area (Å²) in [6, 6.07) is 6.02. The Hall–Kier alpha value is -1.89. The second-order valence-electron chi connectivity index (χ2n) is 4.06. The highest BCUT2D eigenvalue weighted by atomic mass is 19.3. The van der Waals surface area contributed by atoms with Crippen LogP contribution in [0.15, 0.2) is 24.3 Å². The molecule has 7 heteroatoms. The smallest absolute Gasteiger partial charge is 0.387 e. The maximum atomic E-state index is 12.2. The van der Waals surface area contributed by atoms with Gasteiger partial charge in [-0.25, -0.2) is 4.79 Å². The van der Waals surface area contributed by atoms with E-state index in [1.165, 1.54) is 11.0 Å². The Morgan fingerprint density at radius 2 is 2.10 bits per heavy atom. The number of ether oxygens (including phenoxy) is 2. The van der Waals surface area contributed by atoms with Crippen LogP contribution in [-0.4, -0.2) is 44.9 Å². The molecular formula is C13H18F2N2O3.